The zero-order chi connectivity index (χ0) is 16.8. The summed E-state index contributed by atoms with van der Waals surface area (Å²) in [5.41, 5.74) is 2.08. The Morgan fingerprint density at radius 1 is 1.26 bits per heavy atom. The largest absolute Gasteiger partial charge is 0.395 e. The molecule has 0 aliphatic rings. The molecule has 0 saturated heterocycles. The van der Waals surface area contributed by atoms with E-state index in [1.807, 2.05) is 48.3 Å². The molecule has 124 valence electrons. The van der Waals surface area contributed by atoms with Crippen molar-refractivity contribution in [1.82, 2.24) is 4.98 Å². The number of nitrogens with zero attached hydrogens (tertiary/aromatic N) is 2. The Kier molecular flexibility index (Phi) is 6.12. The first-order valence-corrected chi connectivity index (χ1v) is 9.05. The highest BCUT2D eigenvalue weighted by atomic mass is 32.2. The fourth-order valence-corrected chi connectivity index (χ4v) is 2.75. The van der Waals surface area contributed by atoms with Crippen LogP contribution in [-0.4, -0.2) is 40.8 Å². The number of likely N-dealkylation sites (N-methyl/N-ethyl adjacent to an activating group) is 1. The third kappa shape index (κ3) is 4.77. The zero-order valence-corrected chi connectivity index (χ0v) is 14.5. The summed E-state index contributed by atoms with van der Waals surface area (Å²) in [6.45, 7) is 2.76. The summed E-state index contributed by atoms with van der Waals surface area (Å²) < 4.78 is 11.4. The van der Waals surface area contributed by atoms with Crippen molar-refractivity contribution in [2.75, 3.05) is 36.7 Å². The Morgan fingerprint density at radius 2 is 1.96 bits per heavy atom. The van der Waals surface area contributed by atoms with Gasteiger partial charge in [0.2, 0.25) is 0 Å². The molecule has 0 bridgehead atoms. The lowest BCUT2D eigenvalue weighted by molar-refractivity contribution is 0.304. The number of aliphatic hydroxyl groups excluding tert-OH is 1. The van der Waals surface area contributed by atoms with Crippen molar-refractivity contribution in [2.45, 2.75) is 17.9 Å². The van der Waals surface area contributed by atoms with Gasteiger partial charge in [-0.1, -0.05) is 12.1 Å². The average molecular weight is 333 g/mol. The molecule has 1 aromatic carbocycles. The van der Waals surface area contributed by atoms with E-state index in [1.165, 1.54) is 0 Å². The lowest BCUT2D eigenvalue weighted by Gasteiger charge is -2.19. The van der Waals surface area contributed by atoms with E-state index in [9.17, 15) is 4.21 Å². The highest BCUT2D eigenvalue weighted by molar-refractivity contribution is 7.84. The molecule has 2 aromatic rings. The molecule has 1 heterocycles. The van der Waals surface area contributed by atoms with E-state index in [1.54, 1.807) is 12.5 Å². The SMILES string of the molecule is CC(Nc1ccc(N(C)CCO)cn1)c1ccc(S(C)=O)cc1. The summed E-state index contributed by atoms with van der Waals surface area (Å²) in [6.07, 6.45) is 3.46. The molecule has 1 aromatic heterocycles. The van der Waals surface area contributed by atoms with E-state index >= 15 is 0 Å². The van der Waals surface area contributed by atoms with Crippen molar-refractivity contribution in [3.8, 4) is 0 Å². The normalized spacial score (nSPS) is 13.4. The van der Waals surface area contributed by atoms with Crippen LogP contribution in [-0.2, 0) is 10.8 Å². The van der Waals surface area contributed by atoms with Crippen molar-refractivity contribution >= 4 is 22.3 Å². The first kappa shape index (κ1) is 17.4. The summed E-state index contributed by atoms with van der Waals surface area (Å²) in [7, 11) is 0.966. The van der Waals surface area contributed by atoms with Crippen LogP contribution in [0.15, 0.2) is 47.5 Å². The Morgan fingerprint density at radius 3 is 2.48 bits per heavy atom. The van der Waals surface area contributed by atoms with Crippen LogP contribution in [0.2, 0.25) is 0 Å². The third-order valence-electron chi connectivity index (χ3n) is 3.70. The zero-order valence-electron chi connectivity index (χ0n) is 13.7. The van der Waals surface area contributed by atoms with Crippen LogP contribution in [0, 0.1) is 0 Å². The van der Waals surface area contributed by atoms with Crippen LogP contribution in [0.4, 0.5) is 11.5 Å². The van der Waals surface area contributed by atoms with E-state index in [2.05, 4.69) is 17.2 Å². The number of rotatable bonds is 7. The summed E-state index contributed by atoms with van der Waals surface area (Å²) in [5.74, 6) is 0.793. The first-order chi connectivity index (χ1) is 11.0. The lowest BCUT2D eigenvalue weighted by Crippen LogP contribution is -2.21. The standard InChI is InChI=1S/C17H23N3O2S/c1-13(14-4-7-16(8-5-14)23(3)22)19-17-9-6-15(12-18-17)20(2)10-11-21/h4-9,12-13,21H,10-11H2,1-3H3,(H,18,19). The minimum absolute atomic E-state index is 0.0999. The highest BCUT2D eigenvalue weighted by Crippen LogP contribution is 2.20. The van der Waals surface area contributed by atoms with E-state index in [-0.39, 0.29) is 12.6 Å². The summed E-state index contributed by atoms with van der Waals surface area (Å²) in [5, 5.41) is 12.3. The molecule has 6 heteroatoms. The summed E-state index contributed by atoms with van der Waals surface area (Å²) in [6, 6.07) is 11.8. The van der Waals surface area contributed by atoms with Crippen molar-refractivity contribution < 1.29 is 9.32 Å². The van der Waals surface area contributed by atoms with E-state index in [0.29, 0.717) is 6.54 Å². The van der Waals surface area contributed by atoms with Gasteiger partial charge in [-0.05, 0) is 36.8 Å². The molecule has 5 nitrogen and oxygen atoms in total. The van der Waals surface area contributed by atoms with Gasteiger partial charge in [-0.15, -0.1) is 0 Å². The number of anilines is 2. The van der Waals surface area contributed by atoms with Crippen LogP contribution in [0.25, 0.3) is 0 Å². The maximum absolute atomic E-state index is 11.4. The van der Waals surface area contributed by atoms with Gasteiger partial charge in [0, 0.05) is 41.6 Å². The highest BCUT2D eigenvalue weighted by Gasteiger charge is 2.08. The maximum Gasteiger partial charge on any atom is 0.126 e. The second-order valence-electron chi connectivity index (χ2n) is 5.44. The molecule has 2 N–H and O–H groups in total. The van der Waals surface area contributed by atoms with E-state index in [4.69, 9.17) is 5.11 Å². The molecule has 0 fully saturated rings. The number of pyridine rings is 1. The van der Waals surface area contributed by atoms with Gasteiger partial charge in [0.15, 0.2) is 0 Å². The molecule has 0 amide bonds. The molecule has 2 atom stereocenters. The van der Waals surface area contributed by atoms with Gasteiger partial charge in [-0.2, -0.15) is 0 Å². The minimum Gasteiger partial charge on any atom is -0.395 e. The molecule has 0 aliphatic carbocycles. The van der Waals surface area contributed by atoms with Gasteiger partial charge in [0.05, 0.1) is 18.5 Å². The number of aromatic nitrogens is 1. The average Bonchev–Trinajstić information content (AvgIpc) is 2.55. The van der Waals surface area contributed by atoms with Crippen LogP contribution in [0.1, 0.15) is 18.5 Å². The van der Waals surface area contributed by atoms with Gasteiger partial charge in [-0.3, -0.25) is 4.21 Å². The predicted molar refractivity (Wildman–Crippen MR) is 95.4 cm³/mol. The molecule has 2 rings (SSSR count). The first-order valence-electron chi connectivity index (χ1n) is 7.49. The Balaban J connectivity index is 2.02. The van der Waals surface area contributed by atoms with Crippen molar-refractivity contribution in [2.24, 2.45) is 0 Å². The van der Waals surface area contributed by atoms with Gasteiger partial charge >= 0.3 is 0 Å². The van der Waals surface area contributed by atoms with E-state index < -0.39 is 10.8 Å². The van der Waals surface area contributed by atoms with Gasteiger partial charge in [-0.25, -0.2) is 4.98 Å². The lowest BCUT2D eigenvalue weighted by atomic mass is 10.1. The van der Waals surface area contributed by atoms with Crippen molar-refractivity contribution in [3.63, 3.8) is 0 Å². The van der Waals surface area contributed by atoms with Crippen LogP contribution < -0.4 is 10.2 Å². The smallest absolute Gasteiger partial charge is 0.126 e. The van der Waals surface area contributed by atoms with Gasteiger partial charge in [0.25, 0.3) is 0 Å². The minimum atomic E-state index is -0.953. The molecule has 0 spiro atoms. The van der Waals surface area contributed by atoms with Gasteiger partial charge < -0.3 is 15.3 Å². The molecule has 0 saturated carbocycles. The molecule has 2 unspecified atom stereocenters. The van der Waals surface area contributed by atoms with Crippen LogP contribution >= 0.6 is 0 Å². The summed E-state index contributed by atoms with van der Waals surface area (Å²) >= 11 is 0. The second kappa shape index (κ2) is 8.08. The van der Waals surface area contributed by atoms with E-state index in [0.717, 1.165) is 22.0 Å². The van der Waals surface area contributed by atoms with Gasteiger partial charge in [0.1, 0.15) is 5.82 Å². The monoisotopic (exact) mass is 333 g/mol. The number of benzene rings is 1. The van der Waals surface area contributed by atoms with Crippen LogP contribution in [0.5, 0.6) is 0 Å². The molecule has 0 radical (unpaired) electrons. The molecular formula is C17H23N3O2S. The number of hydrogen-bond donors (Lipinski definition) is 2. The third-order valence-corrected chi connectivity index (χ3v) is 4.64. The Labute approximate surface area is 139 Å². The van der Waals surface area contributed by atoms with Crippen molar-refractivity contribution in [3.05, 3.63) is 48.2 Å². The number of hydrogen-bond acceptors (Lipinski definition) is 5. The summed E-state index contributed by atoms with van der Waals surface area (Å²) in [4.78, 5) is 7.19. The number of nitrogens with one attached hydrogen (secondary N) is 1. The predicted octanol–water partition coefficient (Wildman–Crippen LogP) is 2.42. The second-order valence-corrected chi connectivity index (χ2v) is 6.82. The van der Waals surface area contributed by atoms with Crippen LogP contribution in [0.3, 0.4) is 0 Å². The Bertz CT molecular complexity index is 644. The quantitative estimate of drug-likeness (QED) is 0.815. The van der Waals surface area contributed by atoms with Crippen molar-refractivity contribution in [1.29, 1.82) is 0 Å². The fourth-order valence-electron chi connectivity index (χ4n) is 2.23. The Hall–Kier alpha value is -1.92. The maximum atomic E-state index is 11.4. The fraction of sp³-hybridized carbons (Fsp3) is 0.353. The molecule has 0 aliphatic heterocycles. The molecular weight excluding hydrogens is 310 g/mol. The molecule has 23 heavy (non-hydrogen) atoms. The number of aliphatic hydroxyl groups is 1. The topological polar surface area (TPSA) is 65.5 Å².